The third kappa shape index (κ3) is 3.22. The summed E-state index contributed by atoms with van der Waals surface area (Å²) in [6.45, 7) is 0. The van der Waals surface area contributed by atoms with Crippen molar-refractivity contribution in [1.82, 2.24) is 0 Å². The molecule has 0 saturated carbocycles. The third-order valence-electron chi connectivity index (χ3n) is 1.55. The lowest BCUT2D eigenvalue weighted by Crippen LogP contribution is -2.00. The zero-order valence-corrected chi connectivity index (χ0v) is 11.2. The Labute approximate surface area is 104 Å². The number of rotatable bonds is 3. The van der Waals surface area contributed by atoms with Gasteiger partial charge in [0.1, 0.15) is 0 Å². The molecule has 0 spiro atoms. The molecule has 0 amide bonds. The van der Waals surface area contributed by atoms with E-state index in [0.717, 1.165) is 3.57 Å². The Bertz CT molecular complexity index is 327. The molecule has 1 nitrogen and oxygen atoms in total. The van der Waals surface area contributed by atoms with Gasteiger partial charge >= 0.3 is 0 Å². The third-order valence-corrected chi connectivity index (χ3v) is 2.95. The Balaban J connectivity index is 2.99. The predicted molar refractivity (Wildman–Crippen MR) is 66.9 cm³/mol. The van der Waals surface area contributed by atoms with Crippen molar-refractivity contribution in [2.45, 2.75) is 6.42 Å². The zero-order valence-electron chi connectivity index (χ0n) is 6.69. The average Bonchev–Trinajstić information content (AvgIpc) is 2.09. The van der Waals surface area contributed by atoms with Gasteiger partial charge < -0.3 is 0 Å². The highest BCUT2D eigenvalue weighted by Crippen LogP contribution is 2.20. The number of carbonyl (C=O) groups excluding carboxylic acids is 1. The van der Waals surface area contributed by atoms with Gasteiger partial charge in [-0.3, -0.25) is 4.79 Å². The molecule has 0 aliphatic rings. The number of carbonyl (C=O) groups is 1. The number of ketones is 1. The van der Waals surface area contributed by atoms with Crippen LogP contribution in [0, 0.1) is 3.57 Å². The van der Waals surface area contributed by atoms with Gasteiger partial charge in [0.2, 0.25) is 0 Å². The lowest BCUT2D eigenvalue weighted by atomic mass is 10.1. The van der Waals surface area contributed by atoms with Gasteiger partial charge in [0.05, 0.1) is 5.02 Å². The zero-order chi connectivity index (χ0) is 9.84. The van der Waals surface area contributed by atoms with Gasteiger partial charge in [-0.15, -0.1) is 0 Å². The molecule has 0 aliphatic carbocycles. The fraction of sp³-hybridized carbons (Fsp3) is 0.222. The second-order valence-electron chi connectivity index (χ2n) is 2.49. The molecule has 0 aromatic heterocycles. The number of halogens is 3. The van der Waals surface area contributed by atoms with E-state index in [2.05, 4.69) is 38.5 Å². The molecule has 0 unspecified atom stereocenters. The normalized spacial score (nSPS) is 10.1. The standard InChI is InChI=1S/C9H7BrClIO/c10-4-3-9(13)7-5-6(12)1-2-8(7)11/h1-2,5H,3-4H2. The second kappa shape index (κ2) is 5.32. The molecule has 1 aromatic rings. The SMILES string of the molecule is O=C(CCBr)c1cc(I)ccc1Cl. The van der Waals surface area contributed by atoms with Crippen LogP contribution in [0.2, 0.25) is 5.02 Å². The van der Waals surface area contributed by atoms with Crippen molar-refractivity contribution < 1.29 is 4.79 Å². The van der Waals surface area contributed by atoms with Crippen LogP contribution in [0.4, 0.5) is 0 Å². The first-order valence-corrected chi connectivity index (χ1v) is 6.27. The molecule has 1 aromatic carbocycles. The highest BCUT2D eigenvalue weighted by Gasteiger charge is 2.09. The van der Waals surface area contributed by atoms with Crippen LogP contribution in [0.25, 0.3) is 0 Å². The summed E-state index contributed by atoms with van der Waals surface area (Å²) in [5.41, 5.74) is 0.619. The highest BCUT2D eigenvalue weighted by atomic mass is 127. The van der Waals surface area contributed by atoms with E-state index in [0.29, 0.717) is 22.3 Å². The fourth-order valence-corrected chi connectivity index (χ4v) is 2.01. The first-order valence-electron chi connectivity index (χ1n) is 3.69. The Morgan fingerprint density at radius 2 is 2.23 bits per heavy atom. The molecule has 0 aliphatic heterocycles. The Hall–Kier alpha value is 0.390. The van der Waals surface area contributed by atoms with Crippen LogP contribution in [0.3, 0.4) is 0 Å². The van der Waals surface area contributed by atoms with Gasteiger partial charge in [-0.05, 0) is 40.8 Å². The second-order valence-corrected chi connectivity index (χ2v) is 4.93. The van der Waals surface area contributed by atoms with Crippen molar-refractivity contribution >= 4 is 55.9 Å². The van der Waals surface area contributed by atoms with E-state index in [1.807, 2.05) is 12.1 Å². The first-order chi connectivity index (χ1) is 6.15. The number of hydrogen-bond donors (Lipinski definition) is 0. The Morgan fingerprint density at radius 1 is 1.54 bits per heavy atom. The number of alkyl halides is 1. The summed E-state index contributed by atoms with van der Waals surface area (Å²) < 4.78 is 1.03. The summed E-state index contributed by atoms with van der Waals surface area (Å²) in [5.74, 6) is 0.0837. The van der Waals surface area contributed by atoms with Crippen LogP contribution in [0.5, 0.6) is 0 Å². The molecule has 70 valence electrons. The predicted octanol–water partition coefficient (Wildman–Crippen LogP) is 3.91. The van der Waals surface area contributed by atoms with Crippen molar-refractivity contribution in [2.75, 3.05) is 5.33 Å². The summed E-state index contributed by atoms with van der Waals surface area (Å²) in [6.07, 6.45) is 0.486. The average molecular weight is 373 g/mol. The molecule has 0 radical (unpaired) electrons. The summed E-state index contributed by atoms with van der Waals surface area (Å²) in [6, 6.07) is 5.45. The number of benzene rings is 1. The fourth-order valence-electron chi connectivity index (χ4n) is 0.932. The first kappa shape index (κ1) is 11.5. The quantitative estimate of drug-likeness (QED) is 0.446. The van der Waals surface area contributed by atoms with E-state index < -0.39 is 0 Å². The van der Waals surface area contributed by atoms with Crippen molar-refractivity contribution in [2.24, 2.45) is 0 Å². The highest BCUT2D eigenvalue weighted by molar-refractivity contribution is 14.1. The summed E-state index contributed by atoms with van der Waals surface area (Å²) in [7, 11) is 0. The summed E-state index contributed by atoms with van der Waals surface area (Å²) in [4.78, 5) is 11.5. The van der Waals surface area contributed by atoms with Gasteiger partial charge in [0, 0.05) is 20.9 Å². The van der Waals surface area contributed by atoms with Crippen LogP contribution in [0.15, 0.2) is 18.2 Å². The molecule has 0 fully saturated rings. The van der Waals surface area contributed by atoms with Gasteiger partial charge in [0.25, 0.3) is 0 Å². The van der Waals surface area contributed by atoms with E-state index in [1.54, 1.807) is 6.07 Å². The topological polar surface area (TPSA) is 17.1 Å². The van der Waals surface area contributed by atoms with E-state index in [-0.39, 0.29) is 5.78 Å². The monoisotopic (exact) mass is 372 g/mol. The summed E-state index contributed by atoms with van der Waals surface area (Å²) >= 11 is 11.3. The van der Waals surface area contributed by atoms with Crippen molar-refractivity contribution in [3.05, 3.63) is 32.4 Å². The largest absolute Gasteiger partial charge is 0.294 e. The smallest absolute Gasteiger partial charge is 0.165 e. The maximum absolute atomic E-state index is 11.5. The van der Waals surface area contributed by atoms with Crippen LogP contribution in [-0.2, 0) is 0 Å². The van der Waals surface area contributed by atoms with Crippen LogP contribution >= 0.6 is 50.1 Å². The summed E-state index contributed by atoms with van der Waals surface area (Å²) in [5, 5.41) is 1.21. The lowest BCUT2D eigenvalue weighted by molar-refractivity contribution is 0.0990. The molecule has 0 bridgehead atoms. The van der Waals surface area contributed by atoms with E-state index in [4.69, 9.17) is 11.6 Å². The number of Topliss-reactive ketones (excluding diaryl/α,β-unsaturated/α-hetero) is 1. The van der Waals surface area contributed by atoms with E-state index in [1.165, 1.54) is 0 Å². The van der Waals surface area contributed by atoms with Crippen LogP contribution in [0.1, 0.15) is 16.8 Å². The minimum absolute atomic E-state index is 0.0837. The molecular formula is C9H7BrClIO. The van der Waals surface area contributed by atoms with Gasteiger partial charge in [-0.25, -0.2) is 0 Å². The minimum Gasteiger partial charge on any atom is -0.294 e. The number of hydrogen-bond acceptors (Lipinski definition) is 1. The molecule has 0 heterocycles. The van der Waals surface area contributed by atoms with Crippen LogP contribution in [-0.4, -0.2) is 11.1 Å². The minimum atomic E-state index is 0.0837. The molecular weight excluding hydrogens is 366 g/mol. The van der Waals surface area contributed by atoms with Crippen molar-refractivity contribution in [3.8, 4) is 0 Å². The molecule has 13 heavy (non-hydrogen) atoms. The molecule has 4 heteroatoms. The maximum atomic E-state index is 11.5. The Morgan fingerprint density at radius 3 is 2.85 bits per heavy atom. The molecule has 1 rings (SSSR count). The molecule has 0 saturated heterocycles. The van der Waals surface area contributed by atoms with E-state index in [9.17, 15) is 4.79 Å². The van der Waals surface area contributed by atoms with E-state index >= 15 is 0 Å². The maximum Gasteiger partial charge on any atom is 0.165 e. The molecule has 0 atom stereocenters. The Kier molecular flexibility index (Phi) is 4.69. The van der Waals surface area contributed by atoms with Gasteiger partial charge in [0.15, 0.2) is 5.78 Å². The van der Waals surface area contributed by atoms with Crippen LogP contribution < -0.4 is 0 Å². The van der Waals surface area contributed by atoms with Gasteiger partial charge in [-0.1, -0.05) is 27.5 Å². The van der Waals surface area contributed by atoms with Crippen molar-refractivity contribution in [3.63, 3.8) is 0 Å². The molecule has 0 N–H and O–H groups in total. The van der Waals surface area contributed by atoms with Crippen molar-refractivity contribution in [1.29, 1.82) is 0 Å². The van der Waals surface area contributed by atoms with Gasteiger partial charge in [-0.2, -0.15) is 0 Å². The lowest BCUT2D eigenvalue weighted by Gasteiger charge is -2.02.